The smallest absolute Gasteiger partial charge is 0.373 e. The number of aldehydes is 1. The van der Waals surface area contributed by atoms with Crippen LogP contribution >= 0.6 is 0 Å². The first-order valence-electron chi connectivity index (χ1n) is 37.9. The molecule has 8 aromatic carbocycles. The average molecular weight is 1700 g/mol. The topological polar surface area (TPSA) is 330 Å². The fourth-order valence-electron chi connectivity index (χ4n) is 13.1. The van der Waals surface area contributed by atoms with Gasteiger partial charge in [-0.25, -0.2) is 39.9 Å². The molecule has 0 unspecified atom stereocenters. The van der Waals surface area contributed by atoms with Gasteiger partial charge in [-0.3, -0.25) is 24.0 Å². The van der Waals surface area contributed by atoms with Crippen LogP contribution in [0, 0.1) is 46.5 Å². The van der Waals surface area contributed by atoms with Crippen LogP contribution < -0.4 is 21.3 Å². The van der Waals surface area contributed by atoms with Crippen molar-refractivity contribution >= 4 is 106 Å². The number of esters is 1. The highest BCUT2D eigenvalue weighted by atomic mass is 19.2. The van der Waals surface area contributed by atoms with E-state index < -0.39 is 92.4 Å². The molecule has 0 aliphatic carbocycles. The third kappa shape index (κ3) is 30.8. The van der Waals surface area contributed by atoms with E-state index in [9.17, 15) is 69.0 Å². The number of ether oxygens (including phenoxy) is 1. The number of amides is 4. The van der Waals surface area contributed by atoms with E-state index in [0.717, 1.165) is 189 Å². The summed E-state index contributed by atoms with van der Waals surface area (Å²) in [5, 5.41) is 19.8. The average Bonchev–Trinajstić information content (AvgIpc) is 1.81. The molecule has 0 radical (unpaired) electrons. The lowest BCUT2D eigenvalue weighted by Crippen LogP contribution is -2.19. The predicted molar refractivity (Wildman–Crippen MR) is 438 cm³/mol. The quantitative estimate of drug-likeness (QED) is 0.0321. The van der Waals surface area contributed by atoms with Gasteiger partial charge in [0.05, 0.1) is 13.2 Å². The lowest BCUT2D eigenvalue weighted by molar-refractivity contribution is -0.193. The molecule has 0 fully saturated rings. The highest BCUT2D eigenvalue weighted by molar-refractivity contribution is 6.07. The van der Waals surface area contributed by atoms with E-state index in [2.05, 4.69) is 61.5 Å². The lowest BCUT2D eigenvalue weighted by atomic mass is 9.96. The molecule has 24 nitrogen and oxygen atoms in total. The minimum absolute atomic E-state index is 0.0220. The number of hydrogen-bond donors (Lipinski definition) is 5. The van der Waals surface area contributed by atoms with Gasteiger partial charge in [0.25, 0.3) is 23.6 Å². The number of nitrogens with zero attached hydrogens (tertiary/aromatic N) is 4. The maximum atomic E-state index is 13.8. The van der Waals surface area contributed by atoms with Crippen molar-refractivity contribution in [1.82, 2.24) is 19.6 Å². The number of rotatable bonds is 17. The van der Waals surface area contributed by atoms with Crippen LogP contribution in [0.3, 0.4) is 0 Å². The van der Waals surface area contributed by atoms with Crippen LogP contribution in [0.5, 0.6) is 0 Å². The van der Waals surface area contributed by atoms with Gasteiger partial charge in [0.1, 0.15) is 75.1 Å². The Labute approximate surface area is 703 Å². The first-order valence-corrected chi connectivity index (χ1v) is 37.9. The number of carbonyl (C=O) groups is 6. The van der Waals surface area contributed by atoms with Crippen LogP contribution in [0.25, 0.3) is 22.3 Å². The molecule has 0 spiro atoms. The summed E-state index contributed by atoms with van der Waals surface area (Å²) in [5.74, 6) is -10.9. The Morgan fingerprint density at radius 3 is 0.878 bits per heavy atom. The number of anilines is 4. The molecule has 0 saturated carbocycles. The number of carbonyl (C=O) groups excluding carboxylic acids is 14. The molecule has 4 heterocycles. The molecular formula is C91H88F8N8O16. The van der Waals surface area contributed by atoms with Crippen LogP contribution in [0.4, 0.5) is 57.9 Å². The second kappa shape index (κ2) is 52.3. The van der Waals surface area contributed by atoms with Gasteiger partial charge < -0.3 is 50.7 Å². The van der Waals surface area contributed by atoms with Gasteiger partial charge in [0.2, 0.25) is 0 Å². The summed E-state index contributed by atoms with van der Waals surface area (Å²) < 4.78 is 115. The predicted octanol–water partition coefficient (Wildman–Crippen LogP) is 14.4. The second-order valence-electron chi connectivity index (χ2n) is 27.3. The van der Waals surface area contributed by atoms with Crippen molar-refractivity contribution in [2.75, 3.05) is 115 Å². The molecule has 0 aromatic heterocycles. The van der Waals surface area contributed by atoms with Crippen molar-refractivity contribution < 1.29 is 112 Å². The number of nitrogens with one attached hydrogen (secondary N) is 4. The number of hydrogen-bond acceptors (Lipinski definition) is 20. The number of halogens is 8. The summed E-state index contributed by atoms with van der Waals surface area (Å²) in [6.45, 7) is 13.1. The van der Waals surface area contributed by atoms with Crippen molar-refractivity contribution in [2.45, 2.75) is 58.3 Å². The fourth-order valence-corrected chi connectivity index (χ4v) is 13.1. The van der Waals surface area contributed by atoms with Gasteiger partial charge in [-0.1, -0.05) is 85.5 Å². The molecule has 123 heavy (non-hydrogen) atoms. The van der Waals surface area contributed by atoms with E-state index in [4.69, 9.17) is 43.1 Å². The summed E-state index contributed by atoms with van der Waals surface area (Å²) in [4.78, 5) is 147. The van der Waals surface area contributed by atoms with E-state index in [1.54, 1.807) is 79.7 Å². The highest BCUT2D eigenvalue weighted by Gasteiger charge is 2.26. The van der Waals surface area contributed by atoms with Crippen LogP contribution in [0.2, 0.25) is 0 Å². The summed E-state index contributed by atoms with van der Waals surface area (Å²) >= 11 is 0. The van der Waals surface area contributed by atoms with Crippen molar-refractivity contribution in [3.63, 3.8) is 0 Å². The first kappa shape index (κ1) is 99.8. The Morgan fingerprint density at radius 2 is 0.602 bits per heavy atom. The Morgan fingerprint density at radius 1 is 0.366 bits per heavy atom. The monoisotopic (exact) mass is 1700 g/mol. The van der Waals surface area contributed by atoms with E-state index in [-0.39, 0.29) is 37.2 Å². The fraction of sp³-hybridized carbons (Fsp3) is 0.253. The van der Waals surface area contributed by atoms with Gasteiger partial charge in [0, 0.05) is 80.7 Å². The molecule has 12 rings (SSSR count). The number of benzene rings is 8. The molecule has 0 saturated heterocycles. The van der Waals surface area contributed by atoms with E-state index >= 15 is 0 Å². The minimum Gasteiger partial charge on any atom is -0.463 e. The molecule has 5 N–H and O–H groups in total. The molecule has 4 amide bonds. The number of aliphatic hydroxyl groups excluding tert-OH is 1. The molecule has 4 aliphatic rings. The summed E-state index contributed by atoms with van der Waals surface area (Å²) in [6, 6.07) is 41.4. The normalized spacial score (nSPS) is 14.1. The SMILES string of the molecule is C=CC1=C(c2ccc(NC(=O)c3c(F)cccc3F)cc2)CCN(C)CC1.CCOC(=O)C1=C(c2ccc(NC(=O)c3c(F)cccc3F)cc2)CCN(C)CC1.CN1CCC(C=O)=C(c2ccc(NC(=O)c3c(F)cccc3F)cc2)CC1.CN1CCC(CO)=C(c2ccc(NC(=O)c3c(F)cccc3F)cc2)CC1.O=C=O.O=C=O.O=C=O.O=C=O. The standard InChI is InChI=1S/C23H24F2N2O3.C22H22F2N2O.C21H22F2N2O2.C21H20F2N2O2.4CO2/c1-3-30-23(29)18-12-14-27(2)13-11-17(18)15-7-9-16(10-8-15)26-22(28)21-19(24)5-4-6-20(21)25;1-3-15-11-13-26(2)14-12-18(15)16-7-9-17(10-8-16)25-22(27)21-19(23)5-4-6-20(21)24;2*1-25-11-9-15(13-26)17(10-12-25)14-5-7-16(8-6-14)24-21(27)20-18(22)3-2-4-19(20)23;4*2-1-3/h4-10H,3,11-14H2,1-2H3,(H,26,28);3-10H,1,11-14H2,2H3,(H,25,27);2-8,26H,9-13H2,1H3,(H,24,27);2-8,13H,9-12H2,1H3,(H,24,27);;;;. The summed E-state index contributed by atoms with van der Waals surface area (Å²) in [7, 11) is 8.18. The zero-order chi connectivity index (χ0) is 90.7. The van der Waals surface area contributed by atoms with Crippen molar-refractivity contribution in [2.24, 2.45) is 0 Å². The Kier molecular flexibility index (Phi) is 42.5. The largest absolute Gasteiger partial charge is 0.463 e. The summed E-state index contributed by atoms with van der Waals surface area (Å²) in [5.41, 5.74) is 11.1. The van der Waals surface area contributed by atoms with Crippen LogP contribution in [-0.4, -0.2) is 179 Å². The van der Waals surface area contributed by atoms with Crippen molar-refractivity contribution in [1.29, 1.82) is 0 Å². The van der Waals surface area contributed by atoms with E-state index in [1.807, 2.05) is 44.4 Å². The molecule has 8 aromatic rings. The van der Waals surface area contributed by atoms with Crippen LogP contribution in [-0.2, 0) is 52.7 Å². The maximum Gasteiger partial charge on any atom is 0.373 e. The van der Waals surface area contributed by atoms with Gasteiger partial charge in [-0.05, 0) is 245 Å². The molecule has 644 valence electrons. The second-order valence-corrected chi connectivity index (χ2v) is 27.3. The third-order valence-electron chi connectivity index (χ3n) is 19.4. The molecule has 0 atom stereocenters. The highest BCUT2D eigenvalue weighted by Crippen LogP contribution is 2.34. The lowest BCUT2D eigenvalue weighted by Gasteiger charge is -2.13. The molecule has 32 heteroatoms. The van der Waals surface area contributed by atoms with E-state index in [0.29, 0.717) is 54.2 Å². The Bertz CT molecular complexity index is 4990. The maximum absolute atomic E-state index is 13.8. The Hall–Kier alpha value is -13.8. The minimum atomic E-state index is -0.920. The van der Waals surface area contributed by atoms with Crippen LogP contribution in [0.1, 0.15) is 122 Å². The zero-order valence-electron chi connectivity index (χ0n) is 67.6. The Balaban J connectivity index is 0.000000279. The van der Waals surface area contributed by atoms with Gasteiger partial charge in [-0.15, -0.1) is 0 Å². The zero-order valence-corrected chi connectivity index (χ0v) is 67.6. The van der Waals surface area contributed by atoms with Crippen LogP contribution in [0.15, 0.2) is 205 Å². The third-order valence-corrected chi connectivity index (χ3v) is 19.4. The van der Waals surface area contributed by atoms with Gasteiger partial charge >= 0.3 is 30.6 Å². The summed E-state index contributed by atoms with van der Waals surface area (Å²) in [6.07, 6.45) is 10.1. The van der Waals surface area contributed by atoms with E-state index in [1.165, 1.54) is 35.4 Å². The van der Waals surface area contributed by atoms with Crippen molar-refractivity contribution in [3.05, 3.63) is 296 Å². The van der Waals surface area contributed by atoms with Gasteiger partial charge in [-0.2, -0.15) is 38.4 Å². The van der Waals surface area contributed by atoms with Crippen molar-refractivity contribution in [3.8, 4) is 0 Å². The molecule has 4 aliphatic heterocycles. The number of allylic oxidation sites excluding steroid dienone is 1. The number of aliphatic hydroxyl groups is 1. The molecular weight excluding hydrogens is 1610 g/mol. The first-order chi connectivity index (χ1) is 59.0. The molecule has 0 bridgehead atoms. The van der Waals surface area contributed by atoms with Gasteiger partial charge in [0.15, 0.2) is 0 Å².